The van der Waals surface area contributed by atoms with E-state index in [9.17, 15) is 9.18 Å². The third-order valence-electron chi connectivity index (χ3n) is 4.74. The van der Waals surface area contributed by atoms with E-state index in [-0.39, 0.29) is 11.8 Å². The molecule has 0 radical (unpaired) electrons. The first-order valence-electron chi connectivity index (χ1n) is 8.97. The minimum Gasteiger partial charge on any atom is -0.338 e. The summed E-state index contributed by atoms with van der Waals surface area (Å²) in [6.07, 6.45) is 5.89. The fourth-order valence-electron chi connectivity index (χ4n) is 3.43. The van der Waals surface area contributed by atoms with Crippen molar-refractivity contribution in [2.75, 3.05) is 13.1 Å². The molecule has 4 rings (SSSR count). The third kappa shape index (κ3) is 4.02. The van der Waals surface area contributed by atoms with E-state index in [4.69, 9.17) is 4.52 Å². The number of carbonyl (C=O) groups is 1. The highest BCUT2D eigenvalue weighted by atomic mass is 19.1. The van der Waals surface area contributed by atoms with E-state index in [1.165, 1.54) is 12.1 Å². The van der Waals surface area contributed by atoms with Gasteiger partial charge in [0.15, 0.2) is 5.82 Å². The number of rotatable bonds is 4. The van der Waals surface area contributed by atoms with Crippen LogP contribution >= 0.6 is 0 Å². The van der Waals surface area contributed by atoms with Crippen LogP contribution in [0.5, 0.6) is 0 Å². The first-order valence-corrected chi connectivity index (χ1v) is 8.97. The van der Waals surface area contributed by atoms with Crippen LogP contribution in [0, 0.1) is 11.7 Å². The second-order valence-electron chi connectivity index (χ2n) is 6.73. The van der Waals surface area contributed by atoms with Gasteiger partial charge in [-0.15, -0.1) is 0 Å². The van der Waals surface area contributed by atoms with Crippen LogP contribution in [0.2, 0.25) is 0 Å². The Bertz CT molecular complexity index is 928. The average Bonchev–Trinajstić information content (AvgIpc) is 3.17. The molecule has 138 valence electrons. The summed E-state index contributed by atoms with van der Waals surface area (Å²) in [6.45, 7) is 1.29. The lowest BCUT2D eigenvalue weighted by Crippen LogP contribution is -2.40. The Kier molecular flexibility index (Phi) is 4.91. The van der Waals surface area contributed by atoms with Crippen molar-refractivity contribution < 1.29 is 13.7 Å². The van der Waals surface area contributed by atoms with Crippen molar-refractivity contribution in [3.63, 3.8) is 0 Å². The van der Waals surface area contributed by atoms with Crippen molar-refractivity contribution >= 4 is 5.91 Å². The molecule has 0 saturated carbocycles. The smallest absolute Gasteiger partial charge is 0.258 e. The summed E-state index contributed by atoms with van der Waals surface area (Å²) < 4.78 is 18.7. The van der Waals surface area contributed by atoms with E-state index >= 15 is 0 Å². The maximum absolute atomic E-state index is 13.4. The molecule has 27 heavy (non-hydrogen) atoms. The van der Waals surface area contributed by atoms with E-state index < -0.39 is 5.82 Å². The van der Waals surface area contributed by atoms with Crippen LogP contribution < -0.4 is 0 Å². The Labute approximate surface area is 156 Å². The van der Waals surface area contributed by atoms with Gasteiger partial charge in [-0.25, -0.2) is 4.39 Å². The van der Waals surface area contributed by atoms with Crippen LogP contribution in [0.4, 0.5) is 4.39 Å². The minimum atomic E-state index is -0.398. The van der Waals surface area contributed by atoms with Crippen LogP contribution in [-0.4, -0.2) is 39.0 Å². The summed E-state index contributed by atoms with van der Waals surface area (Å²) in [7, 11) is 0. The number of halogens is 1. The Morgan fingerprint density at radius 2 is 2.11 bits per heavy atom. The van der Waals surface area contributed by atoms with Gasteiger partial charge in [0.05, 0.1) is 0 Å². The largest absolute Gasteiger partial charge is 0.338 e. The van der Waals surface area contributed by atoms with E-state index in [2.05, 4.69) is 15.1 Å². The first kappa shape index (κ1) is 17.3. The van der Waals surface area contributed by atoms with Crippen LogP contribution in [0.3, 0.4) is 0 Å². The number of aromatic nitrogens is 3. The van der Waals surface area contributed by atoms with Crippen molar-refractivity contribution in [2.24, 2.45) is 5.92 Å². The SMILES string of the molecule is O=C(c1cccc(F)c1)N1CCCC(Cc2noc(-c3ccncc3)n2)C1. The molecular formula is C20H19FN4O2. The average molecular weight is 366 g/mol. The monoisotopic (exact) mass is 366 g/mol. The Morgan fingerprint density at radius 1 is 1.26 bits per heavy atom. The molecule has 1 aliphatic heterocycles. The zero-order valence-electron chi connectivity index (χ0n) is 14.7. The van der Waals surface area contributed by atoms with Gasteiger partial charge in [-0.3, -0.25) is 9.78 Å². The van der Waals surface area contributed by atoms with Gasteiger partial charge in [0, 0.05) is 43.0 Å². The van der Waals surface area contributed by atoms with E-state index in [1.54, 1.807) is 29.4 Å². The number of carbonyl (C=O) groups excluding carboxylic acids is 1. The predicted octanol–water partition coefficient (Wildman–Crippen LogP) is 3.37. The summed E-state index contributed by atoms with van der Waals surface area (Å²) in [4.78, 5) is 22.9. The highest BCUT2D eigenvalue weighted by molar-refractivity contribution is 5.94. The minimum absolute atomic E-state index is 0.134. The molecule has 1 aromatic carbocycles. The molecule has 2 aromatic heterocycles. The molecule has 3 heterocycles. The van der Waals surface area contributed by atoms with Crippen LogP contribution in [-0.2, 0) is 6.42 Å². The van der Waals surface area contributed by atoms with Gasteiger partial charge in [0.2, 0.25) is 0 Å². The molecule has 1 fully saturated rings. The van der Waals surface area contributed by atoms with Crippen molar-refractivity contribution in [3.8, 4) is 11.5 Å². The summed E-state index contributed by atoms with van der Waals surface area (Å²) in [5, 5.41) is 4.07. The number of nitrogens with zero attached hydrogens (tertiary/aromatic N) is 4. The number of benzene rings is 1. The highest BCUT2D eigenvalue weighted by Crippen LogP contribution is 2.23. The molecular weight excluding hydrogens is 347 g/mol. The van der Waals surface area contributed by atoms with E-state index in [0.717, 1.165) is 18.4 Å². The highest BCUT2D eigenvalue weighted by Gasteiger charge is 2.26. The fraction of sp³-hybridized carbons (Fsp3) is 0.300. The van der Waals surface area contributed by atoms with Gasteiger partial charge in [-0.2, -0.15) is 4.98 Å². The molecule has 0 spiro atoms. The van der Waals surface area contributed by atoms with Gasteiger partial charge in [0.25, 0.3) is 11.8 Å². The molecule has 0 bridgehead atoms. The molecule has 0 aliphatic carbocycles. The summed E-state index contributed by atoms with van der Waals surface area (Å²) in [5.41, 5.74) is 1.21. The molecule has 1 aliphatic rings. The molecule has 1 unspecified atom stereocenters. The van der Waals surface area contributed by atoms with Crippen LogP contribution in [0.25, 0.3) is 11.5 Å². The summed E-state index contributed by atoms with van der Waals surface area (Å²) in [5.74, 6) is 0.816. The first-order chi connectivity index (χ1) is 13.2. The van der Waals surface area contributed by atoms with Crippen molar-refractivity contribution in [1.29, 1.82) is 0 Å². The summed E-state index contributed by atoms with van der Waals surface area (Å²) >= 11 is 0. The lowest BCUT2D eigenvalue weighted by Gasteiger charge is -2.32. The molecule has 1 saturated heterocycles. The number of pyridine rings is 1. The maximum atomic E-state index is 13.4. The normalized spacial score (nSPS) is 17.1. The molecule has 6 nitrogen and oxygen atoms in total. The van der Waals surface area contributed by atoms with Crippen LogP contribution in [0.1, 0.15) is 29.0 Å². The van der Waals surface area contributed by atoms with E-state index in [0.29, 0.717) is 36.8 Å². The zero-order chi connectivity index (χ0) is 18.6. The van der Waals surface area contributed by atoms with E-state index in [1.807, 2.05) is 12.1 Å². The Morgan fingerprint density at radius 3 is 2.93 bits per heavy atom. The number of piperidine rings is 1. The second-order valence-corrected chi connectivity index (χ2v) is 6.73. The predicted molar refractivity (Wildman–Crippen MR) is 96.3 cm³/mol. The van der Waals surface area contributed by atoms with Gasteiger partial charge < -0.3 is 9.42 Å². The molecule has 1 atom stereocenters. The molecule has 0 N–H and O–H groups in total. The third-order valence-corrected chi connectivity index (χ3v) is 4.74. The topological polar surface area (TPSA) is 72.1 Å². The number of hydrogen-bond donors (Lipinski definition) is 0. The second kappa shape index (κ2) is 7.65. The van der Waals surface area contributed by atoms with Gasteiger partial charge in [-0.05, 0) is 49.1 Å². The quantitative estimate of drug-likeness (QED) is 0.708. The van der Waals surface area contributed by atoms with Gasteiger partial charge >= 0.3 is 0 Å². The van der Waals surface area contributed by atoms with Crippen molar-refractivity contribution in [1.82, 2.24) is 20.0 Å². The fourth-order valence-corrected chi connectivity index (χ4v) is 3.43. The lowest BCUT2D eigenvalue weighted by atomic mass is 9.94. The van der Waals surface area contributed by atoms with Crippen LogP contribution in [0.15, 0.2) is 53.3 Å². The Hall–Kier alpha value is -3.09. The zero-order valence-corrected chi connectivity index (χ0v) is 14.7. The number of amides is 1. The molecule has 1 amide bonds. The molecule has 3 aromatic rings. The Balaban J connectivity index is 1.42. The van der Waals surface area contributed by atoms with Crippen molar-refractivity contribution in [3.05, 3.63) is 66.0 Å². The van der Waals surface area contributed by atoms with Crippen molar-refractivity contribution in [2.45, 2.75) is 19.3 Å². The lowest BCUT2D eigenvalue weighted by molar-refractivity contribution is 0.0671. The summed E-state index contributed by atoms with van der Waals surface area (Å²) in [6, 6.07) is 9.46. The maximum Gasteiger partial charge on any atom is 0.258 e. The number of likely N-dealkylation sites (tertiary alicyclic amines) is 1. The number of hydrogen-bond acceptors (Lipinski definition) is 5. The van der Waals surface area contributed by atoms with Gasteiger partial charge in [0.1, 0.15) is 5.82 Å². The van der Waals surface area contributed by atoms with Gasteiger partial charge in [-0.1, -0.05) is 11.2 Å². The molecule has 7 heteroatoms. The standard InChI is InChI=1S/C20H19FN4O2/c21-17-5-1-4-16(12-17)20(26)25-10-2-3-14(13-25)11-18-23-19(27-24-18)15-6-8-22-9-7-15/h1,4-9,12,14H,2-3,10-11,13H2.